The molecular formula is C20H35N3O2. The van der Waals surface area contributed by atoms with Crippen molar-refractivity contribution in [2.75, 3.05) is 46.6 Å². The normalized spacial score (nSPS) is 12.9. The third-order valence-corrected chi connectivity index (χ3v) is 3.96. The number of unbranched alkanes of at least 4 members (excludes halogenated alkanes) is 1. The molecule has 0 saturated carbocycles. The summed E-state index contributed by atoms with van der Waals surface area (Å²) in [5.41, 5.74) is 2.64. The van der Waals surface area contributed by atoms with E-state index in [0.29, 0.717) is 25.7 Å². The summed E-state index contributed by atoms with van der Waals surface area (Å²) in [7, 11) is 1.79. The van der Waals surface area contributed by atoms with Crippen molar-refractivity contribution in [3.8, 4) is 0 Å². The van der Waals surface area contributed by atoms with E-state index in [0.717, 1.165) is 32.1 Å². The van der Waals surface area contributed by atoms with E-state index in [1.807, 2.05) is 0 Å². The molecule has 1 aromatic rings. The number of nitrogens with zero attached hydrogens (tertiary/aromatic N) is 1. The zero-order valence-corrected chi connectivity index (χ0v) is 16.3. The summed E-state index contributed by atoms with van der Waals surface area (Å²) in [5, 5.41) is 6.64. The molecular weight excluding hydrogens is 314 g/mol. The van der Waals surface area contributed by atoms with Gasteiger partial charge in [0.15, 0.2) is 5.96 Å². The number of hydrogen-bond donors (Lipinski definition) is 2. The van der Waals surface area contributed by atoms with Crippen molar-refractivity contribution in [2.45, 2.75) is 39.5 Å². The Morgan fingerprint density at radius 2 is 1.88 bits per heavy atom. The van der Waals surface area contributed by atoms with Gasteiger partial charge in [-0.3, -0.25) is 4.99 Å². The quantitative estimate of drug-likeness (QED) is 0.346. The monoisotopic (exact) mass is 349 g/mol. The summed E-state index contributed by atoms with van der Waals surface area (Å²) >= 11 is 0. The van der Waals surface area contributed by atoms with Gasteiger partial charge in [-0.15, -0.1) is 0 Å². The van der Waals surface area contributed by atoms with Crippen LogP contribution in [0, 0.1) is 6.92 Å². The van der Waals surface area contributed by atoms with Crippen LogP contribution in [-0.2, 0) is 9.47 Å². The highest BCUT2D eigenvalue weighted by molar-refractivity contribution is 5.79. The summed E-state index contributed by atoms with van der Waals surface area (Å²) < 4.78 is 11.0. The topological polar surface area (TPSA) is 54.9 Å². The van der Waals surface area contributed by atoms with E-state index in [-0.39, 0.29) is 0 Å². The number of hydrogen-bond acceptors (Lipinski definition) is 3. The van der Waals surface area contributed by atoms with Gasteiger partial charge in [0.2, 0.25) is 0 Å². The lowest BCUT2D eigenvalue weighted by Gasteiger charge is -2.17. The number of ether oxygens (including phenoxy) is 2. The van der Waals surface area contributed by atoms with Crippen molar-refractivity contribution in [3.05, 3.63) is 35.4 Å². The van der Waals surface area contributed by atoms with E-state index in [1.165, 1.54) is 17.5 Å². The van der Waals surface area contributed by atoms with Gasteiger partial charge >= 0.3 is 0 Å². The van der Waals surface area contributed by atoms with Crippen LogP contribution in [0.2, 0.25) is 0 Å². The van der Waals surface area contributed by atoms with Gasteiger partial charge in [0, 0.05) is 26.7 Å². The maximum Gasteiger partial charge on any atom is 0.191 e. The lowest BCUT2D eigenvalue weighted by Crippen LogP contribution is -2.40. The molecule has 0 aliphatic carbocycles. The Labute approximate surface area is 153 Å². The highest BCUT2D eigenvalue weighted by Crippen LogP contribution is 2.15. The molecule has 0 aromatic heterocycles. The van der Waals surface area contributed by atoms with Crippen LogP contribution in [0.3, 0.4) is 0 Å². The van der Waals surface area contributed by atoms with Crippen molar-refractivity contribution < 1.29 is 9.47 Å². The van der Waals surface area contributed by atoms with Crippen LogP contribution in [0.5, 0.6) is 0 Å². The van der Waals surface area contributed by atoms with Gasteiger partial charge in [-0.1, -0.05) is 50.1 Å². The third-order valence-electron chi connectivity index (χ3n) is 3.96. The number of rotatable bonds is 12. The number of nitrogens with one attached hydrogen (secondary N) is 2. The fourth-order valence-corrected chi connectivity index (χ4v) is 2.37. The minimum absolute atomic E-state index is 0.426. The standard InChI is InChI=1S/C20H35N3O2/c1-5-6-11-24-13-14-25-12-10-22-20(21-4)23-16-18(3)19-9-7-8-17(2)15-19/h7-9,15,18H,5-6,10-14,16H2,1-4H3,(H2,21,22,23). The molecule has 1 unspecified atom stereocenters. The van der Waals surface area contributed by atoms with Crippen molar-refractivity contribution in [1.29, 1.82) is 0 Å². The van der Waals surface area contributed by atoms with Crippen LogP contribution in [0.15, 0.2) is 29.3 Å². The van der Waals surface area contributed by atoms with Gasteiger partial charge in [0.1, 0.15) is 0 Å². The van der Waals surface area contributed by atoms with Gasteiger partial charge in [-0.05, 0) is 24.8 Å². The molecule has 5 nitrogen and oxygen atoms in total. The van der Waals surface area contributed by atoms with E-state index >= 15 is 0 Å². The molecule has 142 valence electrons. The highest BCUT2D eigenvalue weighted by atomic mass is 16.5. The first kappa shape index (κ1) is 21.5. The Kier molecular flexibility index (Phi) is 11.7. The summed E-state index contributed by atoms with van der Waals surface area (Å²) in [6, 6.07) is 8.64. The molecule has 0 radical (unpaired) electrons. The molecule has 0 bridgehead atoms. The highest BCUT2D eigenvalue weighted by Gasteiger charge is 2.06. The van der Waals surface area contributed by atoms with Crippen LogP contribution in [0.4, 0.5) is 0 Å². The first-order valence-corrected chi connectivity index (χ1v) is 9.34. The first-order chi connectivity index (χ1) is 12.2. The Hall–Kier alpha value is -1.59. The smallest absolute Gasteiger partial charge is 0.191 e. The zero-order valence-electron chi connectivity index (χ0n) is 16.3. The van der Waals surface area contributed by atoms with Crippen molar-refractivity contribution in [3.63, 3.8) is 0 Å². The molecule has 5 heteroatoms. The van der Waals surface area contributed by atoms with E-state index in [9.17, 15) is 0 Å². The molecule has 2 N–H and O–H groups in total. The summed E-state index contributed by atoms with van der Waals surface area (Å²) in [5.74, 6) is 1.23. The molecule has 0 spiro atoms. The Morgan fingerprint density at radius 3 is 2.56 bits per heavy atom. The van der Waals surface area contributed by atoms with E-state index in [1.54, 1.807) is 7.05 Å². The van der Waals surface area contributed by atoms with E-state index in [2.05, 4.69) is 60.7 Å². The summed E-state index contributed by atoms with van der Waals surface area (Å²) in [6.45, 7) is 10.9. The van der Waals surface area contributed by atoms with Crippen LogP contribution in [-0.4, -0.2) is 52.5 Å². The molecule has 1 aromatic carbocycles. The lowest BCUT2D eigenvalue weighted by molar-refractivity contribution is 0.0487. The van der Waals surface area contributed by atoms with Crippen LogP contribution < -0.4 is 10.6 Å². The number of guanidine groups is 1. The maximum atomic E-state index is 5.55. The predicted molar refractivity (Wildman–Crippen MR) is 106 cm³/mol. The summed E-state index contributed by atoms with van der Waals surface area (Å²) in [6.07, 6.45) is 2.28. The van der Waals surface area contributed by atoms with Gasteiger partial charge < -0.3 is 20.1 Å². The Bertz CT molecular complexity index is 492. The third kappa shape index (κ3) is 10.1. The average Bonchev–Trinajstić information content (AvgIpc) is 2.62. The van der Waals surface area contributed by atoms with Crippen LogP contribution in [0.1, 0.15) is 43.7 Å². The van der Waals surface area contributed by atoms with Crippen molar-refractivity contribution >= 4 is 5.96 Å². The van der Waals surface area contributed by atoms with E-state index < -0.39 is 0 Å². The average molecular weight is 350 g/mol. The van der Waals surface area contributed by atoms with E-state index in [4.69, 9.17) is 9.47 Å². The number of benzene rings is 1. The second-order valence-electron chi connectivity index (χ2n) is 6.27. The Morgan fingerprint density at radius 1 is 1.12 bits per heavy atom. The lowest BCUT2D eigenvalue weighted by atomic mass is 9.99. The van der Waals surface area contributed by atoms with Gasteiger partial charge in [-0.25, -0.2) is 0 Å². The summed E-state index contributed by atoms with van der Waals surface area (Å²) in [4.78, 5) is 4.25. The molecule has 0 aliphatic heterocycles. The molecule has 0 aliphatic rings. The number of aliphatic imine (C=N–C) groups is 1. The largest absolute Gasteiger partial charge is 0.379 e. The van der Waals surface area contributed by atoms with Crippen molar-refractivity contribution in [2.24, 2.45) is 4.99 Å². The van der Waals surface area contributed by atoms with Crippen molar-refractivity contribution in [1.82, 2.24) is 10.6 Å². The van der Waals surface area contributed by atoms with Crippen LogP contribution >= 0.6 is 0 Å². The van der Waals surface area contributed by atoms with Gasteiger partial charge in [0.05, 0.1) is 19.8 Å². The first-order valence-electron chi connectivity index (χ1n) is 9.34. The molecule has 0 amide bonds. The zero-order chi connectivity index (χ0) is 18.3. The van der Waals surface area contributed by atoms with Gasteiger partial charge in [-0.2, -0.15) is 0 Å². The maximum absolute atomic E-state index is 5.55. The molecule has 25 heavy (non-hydrogen) atoms. The fraction of sp³-hybridized carbons (Fsp3) is 0.650. The SMILES string of the molecule is CCCCOCCOCCNC(=NC)NCC(C)c1cccc(C)c1. The molecule has 0 heterocycles. The fourth-order valence-electron chi connectivity index (χ4n) is 2.37. The second kappa shape index (κ2) is 13.7. The minimum atomic E-state index is 0.426. The Balaban J connectivity index is 2.12. The molecule has 1 atom stereocenters. The van der Waals surface area contributed by atoms with Crippen LogP contribution in [0.25, 0.3) is 0 Å². The molecule has 0 fully saturated rings. The second-order valence-corrected chi connectivity index (χ2v) is 6.27. The van der Waals surface area contributed by atoms with Gasteiger partial charge in [0.25, 0.3) is 0 Å². The minimum Gasteiger partial charge on any atom is -0.379 e. The molecule has 0 saturated heterocycles. The number of aryl methyl sites for hydroxylation is 1. The molecule has 1 rings (SSSR count). The predicted octanol–water partition coefficient (Wildman–Crippen LogP) is 3.10.